The molecule has 0 atom stereocenters. The molecule has 0 radical (unpaired) electrons. The van der Waals surface area contributed by atoms with Crippen LogP contribution in [0.1, 0.15) is 20.7 Å². The van der Waals surface area contributed by atoms with Crippen molar-refractivity contribution in [2.24, 2.45) is 0 Å². The molecule has 2 aromatic rings. The van der Waals surface area contributed by atoms with Gasteiger partial charge in [-0.1, -0.05) is 0 Å². The molecule has 0 unspecified atom stereocenters. The van der Waals surface area contributed by atoms with Gasteiger partial charge in [-0.25, -0.2) is 4.79 Å². The number of carbonyl (C=O) groups excluding carboxylic acids is 2. The van der Waals surface area contributed by atoms with Crippen LogP contribution in [0.2, 0.25) is 0 Å². The van der Waals surface area contributed by atoms with E-state index in [1.165, 1.54) is 14.2 Å². The van der Waals surface area contributed by atoms with Crippen LogP contribution in [0.25, 0.3) is 0 Å². The maximum atomic E-state index is 12.3. The summed E-state index contributed by atoms with van der Waals surface area (Å²) < 4.78 is 15.4. The van der Waals surface area contributed by atoms with Gasteiger partial charge in [0, 0.05) is 4.90 Å². The Bertz CT molecular complexity index is 725. The second-order valence-electron chi connectivity index (χ2n) is 4.79. The zero-order valence-corrected chi connectivity index (χ0v) is 14.5. The lowest BCUT2D eigenvalue weighted by atomic mass is 10.1. The summed E-state index contributed by atoms with van der Waals surface area (Å²) in [6.45, 7) is -0.368. The fourth-order valence-electron chi connectivity index (χ4n) is 2.05. The van der Waals surface area contributed by atoms with Crippen molar-refractivity contribution in [2.45, 2.75) is 4.90 Å². The number of benzene rings is 2. The Morgan fingerprint density at radius 2 is 1.71 bits per heavy atom. The number of thioether (sulfide) groups is 1. The first-order valence-electron chi connectivity index (χ1n) is 7.15. The number of hydrogen-bond acceptors (Lipinski definition) is 6. The molecule has 0 aliphatic heterocycles. The van der Waals surface area contributed by atoms with Crippen molar-refractivity contribution in [2.75, 3.05) is 27.1 Å². The van der Waals surface area contributed by atoms with Crippen LogP contribution >= 0.6 is 11.8 Å². The summed E-state index contributed by atoms with van der Waals surface area (Å²) >= 11 is 1.58. The zero-order valence-electron chi connectivity index (χ0n) is 13.7. The molecular weight excluding hydrogens is 328 g/mol. The van der Waals surface area contributed by atoms with Crippen LogP contribution < -0.4 is 9.47 Å². The number of Topliss-reactive ketones (excluding diaryl/α,β-unsaturated/α-hetero) is 1. The minimum atomic E-state index is -0.544. The van der Waals surface area contributed by atoms with Crippen molar-refractivity contribution < 1.29 is 23.8 Å². The number of hydrogen-bond donors (Lipinski definition) is 0. The molecule has 0 amide bonds. The Labute approximate surface area is 144 Å². The molecule has 0 saturated heterocycles. The van der Waals surface area contributed by atoms with E-state index in [2.05, 4.69) is 0 Å². The van der Waals surface area contributed by atoms with E-state index in [9.17, 15) is 9.59 Å². The number of methoxy groups -OCH3 is 2. The third-order valence-electron chi connectivity index (χ3n) is 3.37. The molecule has 0 aliphatic carbocycles. The van der Waals surface area contributed by atoms with Crippen LogP contribution in [0.3, 0.4) is 0 Å². The molecule has 0 heterocycles. The maximum Gasteiger partial charge on any atom is 0.338 e. The highest BCUT2D eigenvalue weighted by Gasteiger charge is 2.16. The van der Waals surface area contributed by atoms with Gasteiger partial charge in [0.25, 0.3) is 0 Å². The third-order valence-corrected chi connectivity index (χ3v) is 4.11. The van der Waals surface area contributed by atoms with Gasteiger partial charge in [0.2, 0.25) is 5.78 Å². The third kappa shape index (κ3) is 4.29. The Morgan fingerprint density at radius 3 is 2.29 bits per heavy atom. The summed E-state index contributed by atoms with van der Waals surface area (Å²) in [5, 5.41) is 0. The van der Waals surface area contributed by atoms with Crippen LogP contribution in [0, 0.1) is 0 Å². The first kappa shape index (κ1) is 17.9. The van der Waals surface area contributed by atoms with Crippen LogP contribution in [0.5, 0.6) is 11.5 Å². The van der Waals surface area contributed by atoms with Crippen LogP contribution in [-0.2, 0) is 4.74 Å². The van der Waals surface area contributed by atoms with Gasteiger partial charge in [0.05, 0.1) is 25.3 Å². The smallest absolute Gasteiger partial charge is 0.338 e. The number of ketones is 1. The zero-order chi connectivity index (χ0) is 17.5. The molecule has 5 nitrogen and oxygen atoms in total. The highest BCUT2D eigenvalue weighted by Crippen LogP contribution is 2.24. The summed E-state index contributed by atoms with van der Waals surface area (Å²) in [6.07, 6.45) is 1.95. The minimum absolute atomic E-state index is 0.308. The van der Waals surface area contributed by atoms with Gasteiger partial charge in [-0.2, -0.15) is 0 Å². The fraction of sp³-hybridized carbons (Fsp3) is 0.222. The van der Waals surface area contributed by atoms with E-state index in [0.717, 1.165) is 4.90 Å². The van der Waals surface area contributed by atoms with E-state index in [0.29, 0.717) is 22.6 Å². The quantitative estimate of drug-likeness (QED) is 0.435. The fourth-order valence-corrected chi connectivity index (χ4v) is 2.46. The van der Waals surface area contributed by atoms with Gasteiger partial charge < -0.3 is 14.2 Å². The molecule has 0 fully saturated rings. The second-order valence-corrected chi connectivity index (χ2v) is 5.67. The maximum absolute atomic E-state index is 12.3. The van der Waals surface area contributed by atoms with Crippen LogP contribution in [0.4, 0.5) is 0 Å². The molecule has 0 saturated carbocycles. The predicted molar refractivity (Wildman–Crippen MR) is 92.4 cm³/mol. The van der Waals surface area contributed by atoms with Gasteiger partial charge >= 0.3 is 5.97 Å². The standard InChI is InChI=1S/C18H18O5S/c1-21-13-6-9-17(22-2)15(10-13)16(19)11-23-18(20)12-4-7-14(24-3)8-5-12/h4-10H,11H2,1-3H3. The van der Waals surface area contributed by atoms with E-state index in [1.807, 2.05) is 18.4 Å². The van der Waals surface area contributed by atoms with Gasteiger partial charge in [-0.05, 0) is 48.7 Å². The monoisotopic (exact) mass is 346 g/mol. The van der Waals surface area contributed by atoms with Gasteiger partial charge in [-0.15, -0.1) is 11.8 Å². The average molecular weight is 346 g/mol. The molecule has 0 bridgehead atoms. The molecule has 0 N–H and O–H groups in total. The van der Waals surface area contributed by atoms with Crippen molar-refractivity contribution >= 4 is 23.5 Å². The van der Waals surface area contributed by atoms with Crippen molar-refractivity contribution in [3.8, 4) is 11.5 Å². The van der Waals surface area contributed by atoms with E-state index < -0.39 is 5.97 Å². The lowest BCUT2D eigenvalue weighted by Crippen LogP contribution is -2.15. The Balaban J connectivity index is 2.05. The molecular formula is C18H18O5S. The van der Waals surface area contributed by atoms with Crippen LogP contribution in [-0.4, -0.2) is 38.8 Å². The second kappa shape index (κ2) is 8.40. The lowest BCUT2D eigenvalue weighted by molar-refractivity contribution is 0.0474. The van der Waals surface area contributed by atoms with Gasteiger partial charge in [-0.3, -0.25) is 4.79 Å². The Kier molecular flexibility index (Phi) is 6.26. The van der Waals surface area contributed by atoms with Crippen LogP contribution in [0.15, 0.2) is 47.4 Å². The minimum Gasteiger partial charge on any atom is -0.497 e. The first-order chi connectivity index (χ1) is 11.6. The van der Waals surface area contributed by atoms with Crippen molar-refractivity contribution in [3.05, 3.63) is 53.6 Å². The molecule has 126 valence electrons. The van der Waals surface area contributed by atoms with E-state index in [1.54, 1.807) is 42.1 Å². The molecule has 2 rings (SSSR count). The first-order valence-corrected chi connectivity index (χ1v) is 8.38. The largest absolute Gasteiger partial charge is 0.497 e. The summed E-state index contributed by atoms with van der Waals surface area (Å²) in [5.74, 6) is 0.0250. The molecule has 0 aromatic heterocycles. The van der Waals surface area contributed by atoms with Gasteiger partial charge in [0.15, 0.2) is 6.61 Å². The van der Waals surface area contributed by atoms with E-state index >= 15 is 0 Å². The topological polar surface area (TPSA) is 61.8 Å². The summed E-state index contributed by atoms with van der Waals surface area (Å²) in [5.41, 5.74) is 0.709. The Morgan fingerprint density at radius 1 is 1.00 bits per heavy atom. The van der Waals surface area contributed by atoms with Crippen molar-refractivity contribution in [3.63, 3.8) is 0 Å². The normalized spacial score (nSPS) is 10.1. The number of ether oxygens (including phenoxy) is 3. The number of carbonyl (C=O) groups is 2. The SMILES string of the molecule is COc1ccc(OC)c(C(=O)COC(=O)c2ccc(SC)cc2)c1. The number of rotatable bonds is 7. The molecule has 24 heavy (non-hydrogen) atoms. The Hall–Kier alpha value is -2.47. The highest BCUT2D eigenvalue weighted by atomic mass is 32.2. The molecule has 2 aromatic carbocycles. The van der Waals surface area contributed by atoms with E-state index in [4.69, 9.17) is 14.2 Å². The average Bonchev–Trinajstić information content (AvgIpc) is 2.65. The summed E-state index contributed by atoms with van der Waals surface area (Å²) in [4.78, 5) is 25.4. The summed E-state index contributed by atoms with van der Waals surface area (Å²) in [6, 6.07) is 11.9. The highest BCUT2D eigenvalue weighted by molar-refractivity contribution is 7.98. The molecule has 6 heteroatoms. The molecule has 0 aliphatic rings. The number of esters is 1. The summed E-state index contributed by atoms with van der Waals surface area (Å²) in [7, 11) is 2.98. The van der Waals surface area contributed by atoms with E-state index in [-0.39, 0.29) is 12.4 Å². The van der Waals surface area contributed by atoms with Crippen molar-refractivity contribution in [1.29, 1.82) is 0 Å². The van der Waals surface area contributed by atoms with Crippen molar-refractivity contribution in [1.82, 2.24) is 0 Å². The van der Waals surface area contributed by atoms with Gasteiger partial charge in [0.1, 0.15) is 11.5 Å². The predicted octanol–water partition coefficient (Wildman–Crippen LogP) is 3.47. The lowest BCUT2D eigenvalue weighted by Gasteiger charge is -2.10. The molecule has 0 spiro atoms.